The first-order valence-electron chi connectivity index (χ1n) is 6.85. The number of halogens is 2. The molecule has 0 radical (unpaired) electrons. The molecule has 1 rings (SSSR count). The number of hydrogen-bond donors (Lipinski definition) is 2. The Balaban J connectivity index is 3.26. The lowest BCUT2D eigenvalue weighted by Crippen LogP contribution is -2.43. The van der Waals surface area contributed by atoms with Crippen LogP contribution < -0.4 is 10.0 Å². The monoisotopic (exact) mass is 380 g/mol. The molecular formula is C14H22BrFN2O2S. The van der Waals surface area contributed by atoms with E-state index in [9.17, 15) is 12.8 Å². The van der Waals surface area contributed by atoms with Crippen molar-refractivity contribution in [1.82, 2.24) is 10.0 Å². The van der Waals surface area contributed by atoms with Gasteiger partial charge in [-0.2, -0.15) is 0 Å². The average molecular weight is 381 g/mol. The van der Waals surface area contributed by atoms with Crippen LogP contribution >= 0.6 is 15.9 Å². The molecule has 0 saturated carbocycles. The van der Waals surface area contributed by atoms with Crippen molar-refractivity contribution >= 4 is 26.0 Å². The first-order chi connectivity index (χ1) is 9.63. The average Bonchev–Trinajstić information content (AvgIpc) is 2.38. The van der Waals surface area contributed by atoms with Crippen molar-refractivity contribution < 1.29 is 12.8 Å². The normalized spacial score (nSPS) is 12.7. The highest BCUT2D eigenvalue weighted by atomic mass is 79.9. The molecule has 21 heavy (non-hydrogen) atoms. The molecule has 0 saturated heterocycles. The molecule has 0 heterocycles. The molecule has 0 spiro atoms. The molecule has 4 nitrogen and oxygen atoms in total. The second-order valence-electron chi connectivity index (χ2n) is 5.50. The molecule has 0 aliphatic heterocycles. The SMILES string of the molecule is CCNCc1cc(Br)cc(S(=O)(=O)NC(C)(C)CC)c1F. The molecule has 2 N–H and O–H groups in total. The van der Waals surface area contributed by atoms with Crippen molar-refractivity contribution in [2.24, 2.45) is 0 Å². The van der Waals surface area contributed by atoms with Crippen LogP contribution in [0.5, 0.6) is 0 Å². The maximum absolute atomic E-state index is 14.5. The molecule has 7 heteroatoms. The summed E-state index contributed by atoms with van der Waals surface area (Å²) in [6.07, 6.45) is 0.603. The molecule has 1 aromatic carbocycles. The predicted octanol–water partition coefficient (Wildman–Crippen LogP) is 3.16. The maximum Gasteiger partial charge on any atom is 0.244 e. The maximum atomic E-state index is 14.5. The molecule has 0 aliphatic carbocycles. The van der Waals surface area contributed by atoms with Crippen LogP contribution in [0.1, 0.15) is 39.7 Å². The molecule has 0 aromatic heterocycles. The Kier molecular flexibility index (Phi) is 6.34. The highest BCUT2D eigenvalue weighted by molar-refractivity contribution is 9.10. The molecule has 0 bridgehead atoms. The van der Waals surface area contributed by atoms with E-state index in [2.05, 4.69) is 26.0 Å². The zero-order valence-electron chi connectivity index (χ0n) is 12.8. The van der Waals surface area contributed by atoms with E-state index in [1.165, 1.54) is 6.07 Å². The Labute approximate surface area is 134 Å². The fourth-order valence-corrected chi connectivity index (χ4v) is 3.98. The number of benzene rings is 1. The molecule has 0 fully saturated rings. The Bertz CT molecular complexity index is 603. The van der Waals surface area contributed by atoms with Gasteiger partial charge in [0.25, 0.3) is 0 Å². The van der Waals surface area contributed by atoms with E-state index in [1.54, 1.807) is 19.9 Å². The van der Waals surface area contributed by atoms with E-state index in [0.717, 1.165) is 0 Å². The lowest BCUT2D eigenvalue weighted by Gasteiger charge is -2.24. The quantitative estimate of drug-likeness (QED) is 0.763. The van der Waals surface area contributed by atoms with Gasteiger partial charge in [0.1, 0.15) is 10.7 Å². The van der Waals surface area contributed by atoms with Crippen molar-refractivity contribution in [3.05, 3.63) is 28.0 Å². The van der Waals surface area contributed by atoms with Crippen LogP contribution in [-0.4, -0.2) is 20.5 Å². The summed E-state index contributed by atoms with van der Waals surface area (Å²) in [4.78, 5) is -0.327. The second kappa shape index (κ2) is 7.17. The summed E-state index contributed by atoms with van der Waals surface area (Å²) in [6, 6.07) is 2.88. The Hall–Kier alpha value is -0.500. The van der Waals surface area contributed by atoms with Crippen molar-refractivity contribution in [3.8, 4) is 0 Å². The molecule has 0 unspecified atom stereocenters. The van der Waals surface area contributed by atoms with Crippen LogP contribution in [0.2, 0.25) is 0 Å². The van der Waals surface area contributed by atoms with E-state index in [1.807, 2.05) is 13.8 Å². The summed E-state index contributed by atoms with van der Waals surface area (Å²) in [5.41, 5.74) is -0.309. The molecule has 0 amide bonds. The Morgan fingerprint density at radius 1 is 1.29 bits per heavy atom. The van der Waals surface area contributed by atoms with Crippen LogP contribution in [0.3, 0.4) is 0 Å². The highest BCUT2D eigenvalue weighted by Crippen LogP contribution is 2.25. The van der Waals surface area contributed by atoms with E-state index >= 15 is 0 Å². The fourth-order valence-electron chi connectivity index (χ4n) is 1.69. The van der Waals surface area contributed by atoms with Gasteiger partial charge in [-0.05, 0) is 38.9 Å². The van der Waals surface area contributed by atoms with Gasteiger partial charge in [0, 0.05) is 22.1 Å². The minimum atomic E-state index is -3.91. The van der Waals surface area contributed by atoms with Gasteiger partial charge in [0.15, 0.2) is 0 Å². The van der Waals surface area contributed by atoms with Gasteiger partial charge in [0.2, 0.25) is 10.0 Å². The predicted molar refractivity (Wildman–Crippen MR) is 86.2 cm³/mol. The molecular weight excluding hydrogens is 359 g/mol. The third-order valence-corrected chi connectivity index (χ3v) is 5.38. The summed E-state index contributed by atoms with van der Waals surface area (Å²) >= 11 is 3.24. The van der Waals surface area contributed by atoms with Crippen LogP contribution in [0.15, 0.2) is 21.5 Å². The van der Waals surface area contributed by atoms with Crippen molar-refractivity contribution in [2.75, 3.05) is 6.54 Å². The van der Waals surface area contributed by atoms with E-state index in [-0.39, 0.29) is 11.4 Å². The summed E-state index contributed by atoms with van der Waals surface area (Å²) in [5.74, 6) is -0.710. The van der Waals surface area contributed by atoms with Gasteiger partial charge in [-0.3, -0.25) is 0 Å². The molecule has 0 atom stereocenters. The standard InChI is InChI=1S/C14H22BrFN2O2S/c1-5-14(3,4)18-21(19,20)12-8-11(15)7-10(13(12)16)9-17-6-2/h7-8,17-18H,5-6,9H2,1-4H3. The Morgan fingerprint density at radius 3 is 2.43 bits per heavy atom. The summed E-state index contributed by atoms with van der Waals surface area (Å²) in [6.45, 7) is 8.26. The highest BCUT2D eigenvalue weighted by Gasteiger charge is 2.28. The minimum Gasteiger partial charge on any atom is -0.313 e. The zero-order chi connectivity index (χ0) is 16.3. The van der Waals surface area contributed by atoms with E-state index in [4.69, 9.17) is 0 Å². The number of nitrogens with one attached hydrogen (secondary N) is 2. The smallest absolute Gasteiger partial charge is 0.244 e. The number of hydrogen-bond acceptors (Lipinski definition) is 3. The third kappa shape index (κ3) is 5.02. The summed E-state index contributed by atoms with van der Waals surface area (Å²) in [7, 11) is -3.91. The minimum absolute atomic E-state index is 0.279. The lowest BCUT2D eigenvalue weighted by atomic mass is 10.0. The van der Waals surface area contributed by atoms with Crippen molar-refractivity contribution in [3.63, 3.8) is 0 Å². The van der Waals surface area contributed by atoms with Gasteiger partial charge in [0.05, 0.1) is 0 Å². The number of sulfonamides is 1. The Morgan fingerprint density at radius 2 is 1.90 bits per heavy atom. The van der Waals surface area contributed by atoms with Gasteiger partial charge in [-0.25, -0.2) is 17.5 Å². The van der Waals surface area contributed by atoms with Crippen molar-refractivity contribution in [2.45, 2.75) is 51.1 Å². The topological polar surface area (TPSA) is 58.2 Å². The lowest BCUT2D eigenvalue weighted by molar-refractivity contribution is 0.437. The van der Waals surface area contributed by atoms with Crippen LogP contribution in [0, 0.1) is 5.82 Å². The summed E-state index contributed by atoms with van der Waals surface area (Å²) in [5, 5.41) is 2.99. The zero-order valence-corrected chi connectivity index (χ0v) is 15.2. The van der Waals surface area contributed by atoms with Gasteiger partial charge in [-0.15, -0.1) is 0 Å². The van der Waals surface area contributed by atoms with Gasteiger partial charge >= 0.3 is 0 Å². The first-order valence-corrected chi connectivity index (χ1v) is 9.13. The van der Waals surface area contributed by atoms with E-state index < -0.39 is 21.4 Å². The van der Waals surface area contributed by atoms with Gasteiger partial charge < -0.3 is 5.32 Å². The third-order valence-electron chi connectivity index (χ3n) is 3.23. The van der Waals surface area contributed by atoms with Gasteiger partial charge in [-0.1, -0.05) is 29.8 Å². The van der Waals surface area contributed by atoms with Crippen molar-refractivity contribution in [1.29, 1.82) is 0 Å². The summed E-state index contributed by atoms with van der Waals surface area (Å²) < 4.78 is 42.4. The van der Waals surface area contributed by atoms with E-state index in [0.29, 0.717) is 23.0 Å². The fraction of sp³-hybridized carbons (Fsp3) is 0.571. The van der Waals surface area contributed by atoms with Crippen LogP contribution in [0.4, 0.5) is 4.39 Å². The largest absolute Gasteiger partial charge is 0.313 e. The first kappa shape index (κ1) is 18.5. The van der Waals surface area contributed by atoms with Crippen LogP contribution in [-0.2, 0) is 16.6 Å². The molecule has 120 valence electrons. The van der Waals surface area contributed by atoms with Crippen LogP contribution in [0.25, 0.3) is 0 Å². The number of rotatable bonds is 7. The second-order valence-corrected chi connectivity index (χ2v) is 8.07. The molecule has 0 aliphatic rings. The molecule has 1 aromatic rings.